The van der Waals surface area contributed by atoms with E-state index in [1.165, 1.54) is 0 Å². The Labute approximate surface area is 115 Å². The van der Waals surface area contributed by atoms with Crippen LogP contribution in [-0.4, -0.2) is 23.2 Å². The largest absolute Gasteiger partial charge is 0.421 e. The van der Waals surface area contributed by atoms with Crippen molar-refractivity contribution in [1.29, 1.82) is 0 Å². The predicted octanol–water partition coefficient (Wildman–Crippen LogP) is 2.32. The van der Waals surface area contributed by atoms with E-state index >= 15 is 0 Å². The zero-order chi connectivity index (χ0) is 13.9. The van der Waals surface area contributed by atoms with Gasteiger partial charge in [-0.2, -0.15) is 0 Å². The van der Waals surface area contributed by atoms with Gasteiger partial charge in [0, 0.05) is 24.6 Å². The molecule has 0 unspecified atom stereocenters. The number of benzene rings is 1. The molecule has 20 heavy (non-hydrogen) atoms. The molecule has 0 aliphatic carbocycles. The molecular weight excluding hydrogens is 256 g/mol. The summed E-state index contributed by atoms with van der Waals surface area (Å²) in [5.74, 6) is 0. The number of fused-ring (bicyclic) bond motifs is 3. The highest BCUT2D eigenvalue weighted by Gasteiger charge is 2.10. The third kappa shape index (κ3) is 2.28. The maximum atomic E-state index is 12.0. The Balaban J connectivity index is 2.12. The second-order valence-electron chi connectivity index (χ2n) is 4.39. The molecule has 0 aliphatic heterocycles. The third-order valence-corrected chi connectivity index (χ3v) is 3.07. The molecule has 102 valence electrons. The van der Waals surface area contributed by atoms with Gasteiger partial charge in [-0.1, -0.05) is 12.1 Å². The van der Waals surface area contributed by atoms with Crippen LogP contribution in [0.25, 0.3) is 22.0 Å². The Morgan fingerprint density at radius 2 is 2.10 bits per heavy atom. The number of rotatable bonds is 4. The number of ether oxygens (including phenoxy) is 1. The first-order chi connectivity index (χ1) is 9.79. The van der Waals surface area contributed by atoms with Crippen molar-refractivity contribution >= 4 is 22.0 Å². The maximum Gasteiger partial charge on any atom is 0.364 e. The van der Waals surface area contributed by atoms with Crippen LogP contribution in [0.15, 0.2) is 39.7 Å². The summed E-state index contributed by atoms with van der Waals surface area (Å²) in [6, 6.07) is 7.32. The van der Waals surface area contributed by atoms with E-state index in [0.29, 0.717) is 30.7 Å². The van der Waals surface area contributed by atoms with Crippen molar-refractivity contribution < 1.29 is 9.15 Å². The minimum Gasteiger partial charge on any atom is -0.421 e. The van der Waals surface area contributed by atoms with Crippen LogP contribution in [0.1, 0.15) is 12.6 Å². The highest BCUT2D eigenvalue weighted by atomic mass is 16.5. The van der Waals surface area contributed by atoms with Gasteiger partial charge in [-0.05, 0) is 19.1 Å². The molecule has 0 amide bonds. The lowest BCUT2D eigenvalue weighted by atomic mass is 10.2. The first kappa shape index (κ1) is 12.7. The standard InChI is InChI=1S/C15H14N2O3/c1-2-19-8-7-10-9-16-13-11-5-3-4-6-12(11)20-15(18)14(13)17-10/h3-6,9H,2,7-8H2,1H3. The molecular formula is C15H14N2O3. The summed E-state index contributed by atoms with van der Waals surface area (Å²) >= 11 is 0. The smallest absolute Gasteiger partial charge is 0.364 e. The van der Waals surface area contributed by atoms with Crippen LogP contribution in [0.5, 0.6) is 0 Å². The Hall–Kier alpha value is -2.27. The predicted molar refractivity (Wildman–Crippen MR) is 75.8 cm³/mol. The van der Waals surface area contributed by atoms with E-state index in [-0.39, 0.29) is 5.52 Å². The van der Waals surface area contributed by atoms with Crippen LogP contribution in [0.3, 0.4) is 0 Å². The molecule has 0 radical (unpaired) electrons. The average Bonchev–Trinajstić information content (AvgIpc) is 2.48. The quantitative estimate of drug-likeness (QED) is 0.413. The second kappa shape index (κ2) is 5.38. The highest BCUT2D eigenvalue weighted by Crippen LogP contribution is 2.19. The number of hydrogen-bond acceptors (Lipinski definition) is 5. The van der Waals surface area contributed by atoms with Gasteiger partial charge in [0.15, 0.2) is 5.52 Å². The molecule has 0 bridgehead atoms. The van der Waals surface area contributed by atoms with Gasteiger partial charge in [0.05, 0.1) is 12.3 Å². The van der Waals surface area contributed by atoms with E-state index < -0.39 is 5.63 Å². The molecule has 0 atom stereocenters. The summed E-state index contributed by atoms with van der Waals surface area (Å²) in [6.07, 6.45) is 2.32. The van der Waals surface area contributed by atoms with Gasteiger partial charge in [-0.25, -0.2) is 9.78 Å². The lowest BCUT2D eigenvalue weighted by molar-refractivity contribution is 0.150. The Bertz CT molecular complexity index is 811. The van der Waals surface area contributed by atoms with Crippen LogP contribution >= 0.6 is 0 Å². The molecule has 3 rings (SSSR count). The molecule has 0 saturated carbocycles. The summed E-state index contributed by atoms with van der Waals surface area (Å²) in [5.41, 5.74) is 1.66. The number of aromatic nitrogens is 2. The number of hydrogen-bond donors (Lipinski definition) is 0. The van der Waals surface area contributed by atoms with Crippen LogP contribution in [0.2, 0.25) is 0 Å². The Morgan fingerprint density at radius 1 is 1.25 bits per heavy atom. The van der Waals surface area contributed by atoms with Gasteiger partial charge in [0.25, 0.3) is 0 Å². The minimum absolute atomic E-state index is 0.276. The van der Waals surface area contributed by atoms with Crippen molar-refractivity contribution in [2.24, 2.45) is 0 Å². The second-order valence-corrected chi connectivity index (χ2v) is 4.39. The maximum absolute atomic E-state index is 12.0. The Kier molecular flexibility index (Phi) is 3.43. The van der Waals surface area contributed by atoms with Gasteiger partial charge in [-0.3, -0.25) is 4.98 Å². The lowest BCUT2D eigenvalue weighted by Gasteiger charge is -2.04. The summed E-state index contributed by atoms with van der Waals surface area (Å²) in [4.78, 5) is 20.7. The van der Waals surface area contributed by atoms with E-state index in [4.69, 9.17) is 9.15 Å². The molecule has 5 nitrogen and oxygen atoms in total. The summed E-state index contributed by atoms with van der Waals surface area (Å²) in [7, 11) is 0. The fourth-order valence-corrected chi connectivity index (χ4v) is 2.11. The van der Waals surface area contributed by atoms with Crippen molar-refractivity contribution in [1.82, 2.24) is 9.97 Å². The summed E-state index contributed by atoms with van der Waals surface area (Å²) in [6.45, 7) is 3.16. The highest BCUT2D eigenvalue weighted by molar-refractivity contribution is 5.99. The average molecular weight is 270 g/mol. The zero-order valence-electron chi connectivity index (χ0n) is 11.1. The van der Waals surface area contributed by atoms with E-state index in [1.54, 1.807) is 12.3 Å². The minimum atomic E-state index is -0.454. The van der Waals surface area contributed by atoms with E-state index in [1.807, 2.05) is 25.1 Å². The van der Waals surface area contributed by atoms with Crippen molar-refractivity contribution in [2.45, 2.75) is 13.3 Å². The molecule has 0 aliphatic rings. The van der Waals surface area contributed by atoms with Crippen LogP contribution in [0.4, 0.5) is 0 Å². The van der Waals surface area contributed by atoms with Gasteiger partial charge < -0.3 is 9.15 Å². The van der Waals surface area contributed by atoms with E-state index in [2.05, 4.69) is 9.97 Å². The number of para-hydroxylation sites is 1. The molecule has 2 heterocycles. The summed E-state index contributed by atoms with van der Waals surface area (Å²) < 4.78 is 10.5. The van der Waals surface area contributed by atoms with Crippen LogP contribution in [0, 0.1) is 0 Å². The molecule has 1 aromatic carbocycles. The topological polar surface area (TPSA) is 65.2 Å². The van der Waals surface area contributed by atoms with Gasteiger partial charge in [0.1, 0.15) is 11.1 Å². The first-order valence-electron chi connectivity index (χ1n) is 6.55. The Morgan fingerprint density at radius 3 is 2.95 bits per heavy atom. The number of nitrogens with zero attached hydrogens (tertiary/aromatic N) is 2. The van der Waals surface area contributed by atoms with Gasteiger partial charge >= 0.3 is 5.63 Å². The fourth-order valence-electron chi connectivity index (χ4n) is 2.11. The molecule has 5 heteroatoms. The molecule has 0 saturated heterocycles. The van der Waals surface area contributed by atoms with Crippen molar-refractivity contribution in [3.05, 3.63) is 46.6 Å². The summed E-state index contributed by atoms with van der Waals surface area (Å²) in [5, 5.41) is 0.797. The van der Waals surface area contributed by atoms with E-state index in [0.717, 1.165) is 11.1 Å². The van der Waals surface area contributed by atoms with Gasteiger partial charge in [0.2, 0.25) is 0 Å². The van der Waals surface area contributed by atoms with E-state index in [9.17, 15) is 4.79 Å². The van der Waals surface area contributed by atoms with Crippen molar-refractivity contribution in [2.75, 3.05) is 13.2 Å². The molecule has 0 N–H and O–H groups in total. The van der Waals surface area contributed by atoms with Crippen LogP contribution in [-0.2, 0) is 11.2 Å². The monoisotopic (exact) mass is 270 g/mol. The van der Waals surface area contributed by atoms with Crippen LogP contribution < -0.4 is 5.63 Å². The molecule has 0 fully saturated rings. The SMILES string of the molecule is CCOCCc1cnc2c(n1)c(=O)oc1ccccc12. The third-order valence-electron chi connectivity index (χ3n) is 3.07. The molecule has 0 spiro atoms. The lowest BCUT2D eigenvalue weighted by Crippen LogP contribution is -2.07. The van der Waals surface area contributed by atoms with Gasteiger partial charge in [-0.15, -0.1) is 0 Å². The fraction of sp³-hybridized carbons (Fsp3) is 0.267. The van der Waals surface area contributed by atoms with Crippen molar-refractivity contribution in [3.63, 3.8) is 0 Å². The van der Waals surface area contributed by atoms with Crippen molar-refractivity contribution in [3.8, 4) is 0 Å². The first-order valence-corrected chi connectivity index (χ1v) is 6.55. The zero-order valence-corrected chi connectivity index (χ0v) is 11.1. The normalized spacial score (nSPS) is 11.2. The molecule has 3 aromatic rings. The molecule has 2 aromatic heterocycles.